The van der Waals surface area contributed by atoms with Crippen LogP contribution in [0.1, 0.15) is 5.69 Å². The van der Waals surface area contributed by atoms with Gasteiger partial charge in [0.2, 0.25) is 0 Å². The smallest absolute Gasteiger partial charge is 0.181 e. The van der Waals surface area contributed by atoms with Gasteiger partial charge in [-0.3, -0.25) is 0 Å². The predicted molar refractivity (Wildman–Crippen MR) is 78.6 cm³/mol. The van der Waals surface area contributed by atoms with Crippen molar-refractivity contribution in [2.75, 3.05) is 26.5 Å². The van der Waals surface area contributed by atoms with Gasteiger partial charge < -0.3 is 14.5 Å². The Bertz CT molecular complexity index is 677. The lowest BCUT2D eigenvalue weighted by atomic mass is 10.1. The van der Waals surface area contributed by atoms with Crippen molar-refractivity contribution in [2.24, 2.45) is 0 Å². The molecule has 2 rings (SSSR count). The minimum absolute atomic E-state index is 0.283. The SMILES string of the molecule is COCCNCc1ncoc1-c1ccc(S(C)(=O)=O)cc1. The van der Waals surface area contributed by atoms with Crippen molar-refractivity contribution >= 4 is 9.84 Å². The maximum atomic E-state index is 11.4. The second kappa shape index (κ2) is 6.84. The van der Waals surface area contributed by atoms with Crippen molar-refractivity contribution < 1.29 is 17.6 Å². The van der Waals surface area contributed by atoms with Crippen LogP contribution >= 0.6 is 0 Å². The largest absolute Gasteiger partial charge is 0.443 e. The Morgan fingerprint density at radius 3 is 2.62 bits per heavy atom. The van der Waals surface area contributed by atoms with Gasteiger partial charge in [0.05, 0.1) is 11.5 Å². The molecular formula is C14H18N2O4S. The molecule has 0 saturated carbocycles. The van der Waals surface area contributed by atoms with Gasteiger partial charge in [-0.15, -0.1) is 0 Å². The number of sulfone groups is 1. The highest BCUT2D eigenvalue weighted by Crippen LogP contribution is 2.24. The average Bonchev–Trinajstić information content (AvgIpc) is 2.91. The van der Waals surface area contributed by atoms with E-state index in [9.17, 15) is 8.42 Å². The van der Waals surface area contributed by atoms with Gasteiger partial charge in [0.1, 0.15) is 5.69 Å². The molecule has 0 atom stereocenters. The van der Waals surface area contributed by atoms with E-state index in [1.165, 1.54) is 12.6 Å². The van der Waals surface area contributed by atoms with Crippen LogP contribution in [-0.4, -0.2) is 39.9 Å². The maximum Gasteiger partial charge on any atom is 0.181 e. The molecule has 0 amide bonds. The Balaban J connectivity index is 2.13. The number of hydrogen-bond acceptors (Lipinski definition) is 6. The topological polar surface area (TPSA) is 81.4 Å². The zero-order valence-corrected chi connectivity index (χ0v) is 12.8. The van der Waals surface area contributed by atoms with Crippen LogP contribution in [0.25, 0.3) is 11.3 Å². The first kappa shape index (κ1) is 15.7. The van der Waals surface area contributed by atoms with Gasteiger partial charge >= 0.3 is 0 Å². The highest BCUT2D eigenvalue weighted by molar-refractivity contribution is 7.90. The van der Waals surface area contributed by atoms with Crippen LogP contribution in [0.5, 0.6) is 0 Å². The molecule has 0 fully saturated rings. The fourth-order valence-corrected chi connectivity index (χ4v) is 2.49. The second-order valence-corrected chi connectivity index (χ2v) is 6.61. The molecule has 0 aliphatic rings. The van der Waals surface area contributed by atoms with E-state index in [1.54, 1.807) is 31.4 Å². The minimum atomic E-state index is -3.19. The summed E-state index contributed by atoms with van der Waals surface area (Å²) in [6, 6.07) is 6.57. The van der Waals surface area contributed by atoms with Gasteiger partial charge in [0, 0.05) is 32.0 Å². The van der Waals surface area contributed by atoms with Crippen LogP contribution in [0.3, 0.4) is 0 Å². The lowest BCUT2D eigenvalue weighted by Crippen LogP contribution is -2.19. The van der Waals surface area contributed by atoms with Crippen LogP contribution in [0.4, 0.5) is 0 Å². The summed E-state index contributed by atoms with van der Waals surface area (Å²) in [6.07, 6.45) is 2.56. The van der Waals surface area contributed by atoms with Crippen molar-refractivity contribution in [3.05, 3.63) is 36.4 Å². The lowest BCUT2D eigenvalue weighted by Gasteiger charge is -2.04. The van der Waals surface area contributed by atoms with Gasteiger partial charge in [-0.25, -0.2) is 13.4 Å². The van der Waals surface area contributed by atoms with E-state index in [0.29, 0.717) is 18.9 Å². The van der Waals surface area contributed by atoms with Gasteiger partial charge in [0.25, 0.3) is 0 Å². The molecule has 0 spiro atoms. The van der Waals surface area contributed by atoms with Crippen LogP contribution in [0.2, 0.25) is 0 Å². The molecule has 21 heavy (non-hydrogen) atoms. The molecular weight excluding hydrogens is 292 g/mol. The number of nitrogens with zero attached hydrogens (tertiary/aromatic N) is 1. The molecule has 6 nitrogen and oxygen atoms in total. The molecule has 0 radical (unpaired) electrons. The van der Waals surface area contributed by atoms with Gasteiger partial charge in [0.15, 0.2) is 22.0 Å². The number of rotatable bonds is 7. The van der Waals surface area contributed by atoms with E-state index < -0.39 is 9.84 Å². The normalized spacial score (nSPS) is 11.7. The van der Waals surface area contributed by atoms with Crippen LogP contribution < -0.4 is 5.32 Å². The second-order valence-electron chi connectivity index (χ2n) is 4.59. The summed E-state index contributed by atoms with van der Waals surface area (Å²) >= 11 is 0. The highest BCUT2D eigenvalue weighted by Gasteiger charge is 2.12. The highest BCUT2D eigenvalue weighted by atomic mass is 32.2. The number of nitrogens with one attached hydrogen (secondary N) is 1. The number of hydrogen-bond donors (Lipinski definition) is 1. The molecule has 1 N–H and O–H groups in total. The lowest BCUT2D eigenvalue weighted by molar-refractivity contribution is 0.199. The van der Waals surface area contributed by atoms with Gasteiger partial charge in [-0.1, -0.05) is 0 Å². The first-order valence-corrected chi connectivity index (χ1v) is 8.34. The Labute approximate surface area is 124 Å². The van der Waals surface area contributed by atoms with E-state index >= 15 is 0 Å². The van der Waals surface area contributed by atoms with E-state index in [4.69, 9.17) is 9.15 Å². The van der Waals surface area contributed by atoms with Crippen LogP contribution in [0.15, 0.2) is 40.0 Å². The average molecular weight is 310 g/mol. The number of methoxy groups -OCH3 is 1. The molecule has 0 aliphatic carbocycles. The van der Waals surface area contributed by atoms with E-state index in [2.05, 4.69) is 10.3 Å². The van der Waals surface area contributed by atoms with Crippen molar-refractivity contribution in [3.8, 4) is 11.3 Å². The third-order valence-corrected chi connectivity index (χ3v) is 4.09. The Morgan fingerprint density at radius 2 is 2.00 bits per heavy atom. The van der Waals surface area contributed by atoms with Crippen LogP contribution in [0, 0.1) is 0 Å². The standard InChI is InChI=1S/C14H18N2O4S/c1-19-8-7-15-9-13-14(20-10-16-13)11-3-5-12(6-4-11)21(2,17)18/h3-6,10,15H,7-9H2,1-2H3. The molecule has 1 aromatic carbocycles. The fourth-order valence-electron chi connectivity index (χ4n) is 1.86. The van der Waals surface area contributed by atoms with Crippen molar-refractivity contribution in [2.45, 2.75) is 11.4 Å². The number of benzene rings is 1. The molecule has 2 aromatic rings. The van der Waals surface area contributed by atoms with Gasteiger partial charge in [-0.2, -0.15) is 0 Å². The summed E-state index contributed by atoms with van der Waals surface area (Å²) in [7, 11) is -1.55. The first-order chi connectivity index (χ1) is 10.0. The molecule has 0 saturated heterocycles. The Morgan fingerprint density at radius 1 is 1.29 bits per heavy atom. The number of oxazole rings is 1. The molecule has 0 unspecified atom stereocenters. The van der Waals surface area contributed by atoms with Crippen molar-refractivity contribution in [1.29, 1.82) is 0 Å². The zero-order valence-electron chi connectivity index (χ0n) is 12.0. The molecule has 0 aliphatic heterocycles. The quantitative estimate of drug-likeness (QED) is 0.780. The number of aromatic nitrogens is 1. The minimum Gasteiger partial charge on any atom is -0.443 e. The third-order valence-electron chi connectivity index (χ3n) is 2.96. The Hall–Kier alpha value is -1.70. The van der Waals surface area contributed by atoms with E-state index in [0.717, 1.165) is 17.8 Å². The summed E-state index contributed by atoms with van der Waals surface area (Å²) in [5, 5.41) is 3.19. The summed E-state index contributed by atoms with van der Waals surface area (Å²) in [5.41, 5.74) is 1.57. The molecule has 7 heteroatoms. The summed E-state index contributed by atoms with van der Waals surface area (Å²) < 4.78 is 33.2. The van der Waals surface area contributed by atoms with Crippen molar-refractivity contribution in [3.63, 3.8) is 0 Å². The summed E-state index contributed by atoms with van der Waals surface area (Å²) in [6.45, 7) is 1.90. The monoisotopic (exact) mass is 310 g/mol. The zero-order chi connectivity index (χ0) is 15.3. The predicted octanol–water partition coefficient (Wildman–Crippen LogP) is 1.48. The van der Waals surface area contributed by atoms with Gasteiger partial charge in [-0.05, 0) is 24.3 Å². The fraction of sp³-hybridized carbons (Fsp3) is 0.357. The first-order valence-electron chi connectivity index (χ1n) is 6.45. The Kier molecular flexibility index (Phi) is 5.11. The van der Waals surface area contributed by atoms with Crippen LogP contribution in [-0.2, 0) is 21.1 Å². The van der Waals surface area contributed by atoms with Crippen molar-refractivity contribution in [1.82, 2.24) is 10.3 Å². The molecule has 0 bridgehead atoms. The summed E-state index contributed by atoms with van der Waals surface area (Å²) in [4.78, 5) is 4.46. The third kappa shape index (κ3) is 4.13. The summed E-state index contributed by atoms with van der Waals surface area (Å²) in [5.74, 6) is 0.639. The molecule has 114 valence electrons. The molecule has 1 heterocycles. The molecule has 1 aromatic heterocycles. The maximum absolute atomic E-state index is 11.4. The van der Waals surface area contributed by atoms with E-state index in [-0.39, 0.29) is 4.90 Å². The van der Waals surface area contributed by atoms with E-state index in [1.807, 2.05) is 0 Å². The number of ether oxygens (including phenoxy) is 1.